The van der Waals surface area contributed by atoms with E-state index in [1.54, 1.807) is 7.11 Å². The number of nitrogens with two attached hydrogens (primary N) is 1. The quantitative estimate of drug-likeness (QED) is 0.893. The van der Waals surface area contributed by atoms with E-state index in [4.69, 9.17) is 15.2 Å². The molecule has 0 saturated carbocycles. The van der Waals surface area contributed by atoms with Gasteiger partial charge in [0.05, 0.1) is 7.11 Å². The number of rotatable bonds is 5. The van der Waals surface area contributed by atoms with E-state index in [1.165, 1.54) is 0 Å². The Bertz CT molecular complexity index is 521. The van der Waals surface area contributed by atoms with Gasteiger partial charge in [-0.2, -0.15) is 0 Å². The van der Waals surface area contributed by atoms with Gasteiger partial charge in [0.25, 0.3) is 0 Å². The van der Waals surface area contributed by atoms with Crippen LogP contribution in [0.4, 0.5) is 0 Å². The standard InChI is InChI=1S/C16H19NO2/c1-12(17)15-5-3-4-6-16(15)19-11-13-7-9-14(18-2)10-8-13/h3-10,12H,11,17H2,1-2H3/t12-/m1/s1. The maximum Gasteiger partial charge on any atom is 0.124 e. The zero-order valence-electron chi connectivity index (χ0n) is 11.3. The van der Waals surface area contributed by atoms with E-state index in [2.05, 4.69) is 0 Å². The zero-order valence-corrected chi connectivity index (χ0v) is 11.3. The van der Waals surface area contributed by atoms with Gasteiger partial charge in [0.1, 0.15) is 18.1 Å². The van der Waals surface area contributed by atoms with Crippen LogP contribution in [-0.4, -0.2) is 7.11 Å². The van der Waals surface area contributed by atoms with Crippen LogP contribution in [0.15, 0.2) is 48.5 Å². The third-order valence-electron chi connectivity index (χ3n) is 2.96. The molecule has 0 aliphatic carbocycles. The van der Waals surface area contributed by atoms with Crippen molar-refractivity contribution in [1.29, 1.82) is 0 Å². The summed E-state index contributed by atoms with van der Waals surface area (Å²) >= 11 is 0. The molecule has 2 aromatic rings. The van der Waals surface area contributed by atoms with Crippen molar-refractivity contribution >= 4 is 0 Å². The Morgan fingerprint density at radius 1 is 1.05 bits per heavy atom. The largest absolute Gasteiger partial charge is 0.497 e. The highest BCUT2D eigenvalue weighted by atomic mass is 16.5. The second-order valence-corrected chi connectivity index (χ2v) is 4.46. The number of para-hydroxylation sites is 1. The van der Waals surface area contributed by atoms with Crippen molar-refractivity contribution in [2.45, 2.75) is 19.6 Å². The fourth-order valence-corrected chi connectivity index (χ4v) is 1.87. The van der Waals surface area contributed by atoms with Crippen LogP contribution in [0.25, 0.3) is 0 Å². The number of ether oxygens (including phenoxy) is 2. The molecule has 2 N–H and O–H groups in total. The van der Waals surface area contributed by atoms with Gasteiger partial charge >= 0.3 is 0 Å². The summed E-state index contributed by atoms with van der Waals surface area (Å²) in [7, 11) is 1.66. The van der Waals surface area contributed by atoms with Crippen LogP contribution in [0, 0.1) is 0 Å². The Hall–Kier alpha value is -2.00. The van der Waals surface area contributed by atoms with E-state index in [1.807, 2.05) is 55.5 Å². The molecule has 0 fully saturated rings. The van der Waals surface area contributed by atoms with Gasteiger partial charge in [0.15, 0.2) is 0 Å². The van der Waals surface area contributed by atoms with E-state index in [-0.39, 0.29) is 6.04 Å². The van der Waals surface area contributed by atoms with Crippen molar-refractivity contribution in [3.05, 3.63) is 59.7 Å². The first-order valence-corrected chi connectivity index (χ1v) is 6.31. The van der Waals surface area contributed by atoms with Crippen molar-refractivity contribution in [2.24, 2.45) is 5.73 Å². The lowest BCUT2D eigenvalue weighted by molar-refractivity contribution is 0.301. The van der Waals surface area contributed by atoms with Gasteiger partial charge < -0.3 is 15.2 Å². The lowest BCUT2D eigenvalue weighted by Crippen LogP contribution is -2.07. The van der Waals surface area contributed by atoms with Crippen molar-refractivity contribution in [3.8, 4) is 11.5 Å². The minimum atomic E-state index is -0.0351. The molecule has 0 radical (unpaired) electrons. The highest BCUT2D eigenvalue weighted by Gasteiger charge is 2.07. The van der Waals surface area contributed by atoms with Gasteiger partial charge in [-0.05, 0) is 30.7 Å². The summed E-state index contributed by atoms with van der Waals surface area (Å²) in [6.45, 7) is 2.48. The molecule has 0 aliphatic rings. The SMILES string of the molecule is COc1ccc(COc2ccccc2[C@@H](C)N)cc1. The summed E-state index contributed by atoms with van der Waals surface area (Å²) in [5.74, 6) is 1.69. The van der Waals surface area contributed by atoms with Gasteiger partial charge in [0, 0.05) is 11.6 Å². The van der Waals surface area contributed by atoms with E-state index in [0.717, 1.165) is 22.6 Å². The van der Waals surface area contributed by atoms with Crippen molar-refractivity contribution < 1.29 is 9.47 Å². The molecule has 0 amide bonds. The molecule has 2 aromatic carbocycles. The Morgan fingerprint density at radius 3 is 2.37 bits per heavy atom. The molecule has 0 spiro atoms. The maximum atomic E-state index is 5.92. The van der Waals surface area contributed by atoms with Crippen LogP contribution in [0.5, 0.6) is 11.5 Å². The van der Waals surface area contributed by atoms with Gasteiger partial charge in [-0.3, -0.25) is 0 Å². The number of methoxy groups -OCH3 is 1. The molecule has 0 aliphatic heterocycles. The molecule has 0 saturated heterocycles. The average molecular weight is 257 g/mol. The first-order valence-electron chi connectivity index (χ1n) is 6.31. The third-order valence-corrected chi connectivity index (χ3v) is 2.96. The van der Waals surface area contributed by atoms with Crippen molar-refractivity contribution in [3.63, 3.8) is 0 Å². The molecule has 0 bridgehead atoms. The first-order chi connectivity index (χ1) is 9.20. The van der Waals surface area contributed by atoms with Crippen LogP contribution in [-0.2, 0) is 6.61 Å². The Kier molecular flexibility index (Phi) is 4.42. The van der Waals surface area contributed by atoms with E-state index in [9.17, 15) is 0 Å². The van der Waals surface area contributed by atoms with Crippen molar-refractivity contribution in [2.75, 3.05) is 7.11 Å². The van der Waals surface area contributed by atoms with Gasteiger partial charge in [0.2, 0.25) is 0 Å². The van der Waals surface area contributed by atoms with Gasteiger partial charge in [-0.15, -0.1) is 0 Å². The van der Waals surface area contributed by atoms with Crippen LogP contribution < -0.4 is 15.2 Å². The minimum Gasteiger partial charge on any atom is -0.497 e. The van der Waals surface area contributed by atoms with Crippen LogP contribution in [0.3, 0.4) is 0 Å². The number of hydrogen-bond acceptors (Lipinski definition) is 3. The van der Waals surface area contributed by atoms with E-state index in [0.29, 0.717) is 6.61 Å². The molecule has 3 heteroatoms. The predicted octanol–water partition coefficient (Wildman–Crippen LogP) is 3.29. The van der Waals surface area contributed by atoms with Crippen molar-refractivity contribution in [1.82, 2.24) is 0 Å². The lowest BCUT2D eigenvalue weighted by Gasteiger charge is -2.14. The number of hydrogen-bond donors (Lipinski definition) is 1. The molecule has 0 unspecified atom stereocenters. The summed E-state index contributed by atoms with van der Waals surface area (Å²) in [5.41, 5.74) is 8.05. The van der Waals surface area contributed by atoms with Crippen LogP contribution in [0.2, 0.25) is 0 Å². The second kappa shape index (κ2) is 6.25. The average Bonchev–Trinajstić information content (AvgIpc) is 2.46. The normalized spacial score (nSPS) is 11.9. The molecular formula is C16H19NO2. The molecule has 19 heavy (non-hydrogen) atoms. The fourth-order valence-electron chi connectivity index (χ4n) is 1.87. The topological polar surface area (TPSA) is 44.5 Å². The fraction of sp³-hybridized carbons (Fsp3) is 0.250. The molecule has 1 atom stereocenters. The zero-order chi connectivity index (χ0) is 13.7. The third kappa shape index (κ3) is 3.48. The van der Waals surface area contributed by atoms with Crippen LogP contribution >= 0.6 is 0 Å². The minimum absolute atomic E-state index is 0.0351. The maximum absolute atomic E-state index is 5.92. The Labute approximate surface area is 114 Å². The molecule has 100 valence electrons. The number of benzene rings is 2. The smallest absolute Gasteiger partial charge is 0.124 e. The summed E-state index contributed by atoms with van der Waals surface area (Å²) in [5, 5.41) is 0. The van der Waals surface area contributed by atoms with E-state index < -0.39 is 0 Å². The monoisotopic (exact) mass is 257 g/mol. The summed E-state index contributed by atoms with van der Waals surface area (Å²) in [4.78, 5) is 0. The highest BCUT2D eigenvalue weighted by molar-refractivity contribution is 5.36. The summed E-state index contributed by atoms with van der Waals surface area (Å²) < 4.78 is 11.0. The predicted molar refractivity (Wildman–Crippen MR) is 76.4 cm³/mol. The second-order valence-electron chi connectivity index (χ2n) is 4.46. The molecule has 2 rings (SSSR count). The summed E-state index contributed by atoms with van der Waals surface area (Å²) in [6.07, 6.45) is 0. The molecule has 3 nitrogen and oxygen atoms in total. The van der Waals surface area contributed by atoms with Gasteiger partial charge in [-0.25, -0.2) is 0 Å². The molecule has 0 aromatic heterocycles. The highest BCUT2D eigenvalue weighted by Crippen LogP contribution is 2.24. The van der Waals surface area contributed by atoms with E-state index >= 15 is 0 Å². The van der Waals surface area contributed by atoms with Crippen LogP contribution in [0.1, 0.15) is 24.1 Å². The summed E-state index contributed by atoms with van der Waals surface area (Å²) in [6, 6.07) is 15.7. The first kappa shape index (κ1) is 13.4. The Morgan fingerprint density at radius 2 is 1.74 bits per heavy atom. The lowest BCUT2D eigenvalue weighted by atomic mass is 10.1. The Balaban J connectivity index is 2.05. The molecular weight excluding hydrogens is 238 g/mol. The van der Waals surface area contributed by atoms with Gasteiger partial charge in [-0.1, -0.05) is 30.3 Å². The molecule has 0 heterocycles.